The summed E-state index contributed by atoms with van der Waals surface area (Å²) in [5.41, 5.74) is 5.45. The maximum absolute atomic E-state index is 11.5. The number of hydrogen-bond donors (Lipinski definition) is 1. The van der Waals surface area contributed by atoms with Crippen molar-refractivity contribution in [2.24, 2.45) is 11.7 Å². The van der Waals surface area contributed by atoms with Crippen LogP contribution in [0.5, 0.6) is 0 Å². The van der Waals surface area contributed by atoms with Crippen molar-refractivity contribution in [3.8, 4) is 6.07 Å². The van der Waals surface area contributed by atoms with Crippen molar-refractivity contribution in [1.29, 1.82) is 5.26 Å². The van der Waals surface area contributed by atoms with Crippen LogP contribution in [0.25, 0.3) is 0 Å². The summed E-state index contributed by atoms with van der Waals surface area (Å²) in [5.74, 6) is 0.137. The summed E-state index contributed by atoms with van der Waals surface area (Å²) in [6, 6.07) is 1.69. The second kappa shape index (κ2) is 5.45. The quantitative estimate of drug-likeness (QED) is 0.732. The molecule has 6 heteroatoms. The summed E-state index contributed by atoms with van der Waals surface area (Å²) in [5, 5.41) is 8.40. The van der Waals surface area contributed by atoms with Crippen LogP contribution in [0.2, 0.25) is 0 Å². The molecule has 0 radical (unpaired) electrons. The Morgan fingerprint density at radius 1 is 1.40 bits per heavy atom. The first-order valence-corrected chi connectivity index (χ1v) is 6.76. The molecule has 1 fully saturated rings. The molecule has 1 heterocycles. The minimum absolute atomic E-state index is 0.408. The third-order valence-electron chi connectivity index (χ3n) is 2.79. The highest BCUT2D eigenvalue weighted by molar-refractivity contribution is 7.89. The fourth-order valence-corrected chi connectivity index (χ4v) is 3.00. The zero-order valence-electron chi connectivity index (χ0n) is 8.72. The molecule has 2 N–H and O–H groups in total. The van der Waals surface area contributed by atoms with E-state index in [4.69, 9.17) is 11.0 Å². The third kappa shape index (κ3) is 3.45. The highest BCUT2D eigenvalue weighted by Crippen LogP contribution is 2.21. The maximum Gasteiger partial charge on any atom is 0.227 e. The van der Waals surface area contributed by atoms with Gasteiger partial charge < -0.3 is 5.73 Å². The van der Waals surface area contributed by atoms with Crippen LogP contribution in [0.3, 0.4) is 0 Å². The van der Waals surface area contributed by atoms with E-state index in [1.165, 1.54) is 4.31 Å². The molecule has 0 aliphatic carbocycles. The fourth-order valence-electron chi connectivity index (χ4n) is 1.88. The molecule has 0 bridgehead atoms. The monoisotopic (exact) mass is 231 g/mol. The van der Waals surface area contributed by atoms with Gasteiger partial charge in [-0.1, -0.05) is 0 Å². The zero-order chi connectivity index (χ0) is 11.3. The van der Waals surface area contributed by atoms with Gasteiger partial charge in [-0.25, -0.2) is 12.7 Å². The van der Waals surface area contributed by atoms with Gasteiger partial charge in [0.05, 0.1) is 6.07 Å². The van der Waals surface area contributed by atoms with Crippen LogP contribution in [0, 0.1) is 17.2 Å². The molecule has 15 heavy (non-hydrogen) atoms. The molecular weight excluding hydrogens is 214 g/mol. The summed E-state index contributed by atoms with van der Waals surface area (Å²) in [7, 11) is -3.33. The lowest BCUT2D eigenvalue weighted by molar-refractivity contribution is 0.266. The molecule has 0 aromatic carbocycles. The summed E-state index contributed by atoms with van der Waals surface area (Å²) in [6.07, 6.45) is 2.69. The second-order valence-electron chi connectivity index (χ2n) is 3.83. The Labute approximate surface area is 90.9 Å². The molecule has 0 atom stereocenters. The number of nitrogens with zero attached hydrogens (tertiary/aromatic N) is 2. The minimum Gasteiger partial charge on any atom is -0.330 e. The number of nitrogens with two attached hydrogens (primary N) is 1. The van der Waals surface area contributed by atoms with Crippen molar-refractivity contribution in [2.45, 2.75) is 19.3 Å². The van der Waals surface area contributed by atoms with E-state index in [9.17, 15) is 8.42 Å². The van der Waals surface area contributed by atoms with Gasteiger partial charge in [-0.05, 0) is 31.7 Å². The van der Waals surface area contributed by atoms with E-state index < -0.39 is 15.8 Å². The lowest BCUT2D eigenvalue weighted by Crippen LogP contribution is -2.39. The average Bonchev–Trinajstić information content (AvgIpc) is 2.19. The van der Waals surface area contributed by atoms with Crippen molar-refractivity contribution in [3.05, 3.63) is 0 Å². The number of sulfonamides is 1. The first-order valence-electron chi connectivity index (χ1n) is 5.15. The Hall–Kier alpha value is -0.640. The largest absolute Gasteiger partial charge is 0.330 e. The van der Waals surface area contributed by atoms with E-state index in [1.54, 1.807) is 6.07 Å². The molecule has 0 saturated carbocycles. The van der Waals surface area contributed by atoms with Crippen LogP contribution >= 0.6 is 0 Å². The molecule has 0 amide bonds. The molecule has 1 aliphatic heterocycles. The smallest absolute Gasteiger partial charge is 0.227 e. The predicted molar refractivity (Wildman–Crippen MR) is 57.4 cm³/mol. The van der Waals surface area contributed by atoms with E-state index in [-0.39, 0.29) is 0 Å². The third-order valence-corrected chi connectivity index (χ3v) is 4.43. The molecule has 1 rings (SSSR count). The van der Waals surface area contributed by atoms with Crippen LogP contribution in [0.4, 0.5) is 0 Å². The van der Waals surface area contributed by atoms with E-state index in [1.807, 2.05) is 0 Å². The Balaban J connectivity index is 2.47. The molecule has 5 nitrogen and oxygen atoms in total. The number of piperidine rings is 1. The number of rotatable bonds is 4. The predicted octanol–water partition coefficient (Wildman–Crippen LogP) is -0.0994. The zero-order valence-corrected chi connectivity index (χ0v) is 9.54. The van der Waals surface area contributed by atoms with Crippen LogP contribution in [-0.4, -0.2) is 38.1 Å². The average molecular weight is 231 g/mol. The Morgan fingerprint density at radius 3 is 2.47 bits per heavy atom. The fraction of sp³-hybridized carbons (Fsp3) is 0.889. The first-order chi connectivity index (χ1) is 7.10. The highest BCUT2D eigenvalue weighted by atomic mass is 32.2. The second-order valence-corrected chi connectivity index (χ2v) is 5.80. The Kier molecular flexibility index (Phi) is 4.51. The molecule has 1 saturated heterocycles. The molecule has 0 aromatic heterocycles. The van der Waals surface area contributed by atoms with Crippen molar-refractivity contribution < 1.29 is 8.42 Å². The lowest BCUT2D eigenvalue weighted by atomic mass is 9.95. The number of nitriles is 1. The summed E-state index contributed by atoms with van der Waals surface area (Å²) >= 11 is 0. The highest BCUT2D eigenvalue weighted by Gasteiger charge is 2.27. The van der Waals surface area contributed by atoms with E-state index >= 15 is 0 Å². The topological polar surface area (TPSA) is 87.2 Å². The van der Waals surface area contributed by atoms with Gasteiger partial charge in [0.15, 0.2) is 5.75 Å². The van der Waals surface area contributed by atoms with Crippen molar-refractivity contribution in [2.75, 3.05) is 25.4 Å². The van der Waals surface area contributed by atoms with Crippen molar-refractivity contribution in [1.82, 2.24) is 4.31 Å². The standard InChI is InChI=1S/C9H17N3O2S/c10-4-1-9-2-6-12(7-3-9)15(13,14)8-5-11/h9H,1-4,6-8,10H2. The molecule has 0 aromatic rings. The van der Waals surface area contributed by atoms with Gasteiger partial charge in [-0.2, -0.15) is 5.26 Å². The molecule has 1 aliphatic rings. The van der Waals surface area contributed by atoms with Gasteiger partial charge in [0.1, 0.15) is 0 Å². The van der Waals surface area contributed by atoms with Gasteiger partial charge in [-0.15, -0.1) is 0 Å². The molecule has 0 spiro atoms. The SMILES string of the molecule is N#CCS(=O)(=O)N1CCC(CCN)CC1. The van der Waals surface area contributed by atoms with Crippen molar-refractivity contribution in [3.63, 3.8) is 0 Å². The first kappa shape index (κ1) is 12.4. The van der Waals surface area contributed by atoms with Crippen LogP contribution in [-0.2, 0) is 10.0 Å². The summed E-state index contributed by atoms with van der Waals surface area (Å²) in [6.45, 7) is 1.74. The van der Waals surface area contributed by atoms with Crippen LogP contribution in [0.1, 0.15) is 19.3 Å². The maximum atomic E-state index is 11.5. The van der Waals surface area contributed by atoms with Crippen molar-refractivity contribution >= 4 is 10.0 Å². The Morgan fingerprint density at radius 2 is 2.00 bits per heavy atom. The lowest BCUT2D eigenvalue weighted by Gasteiger charge is -2.30. The molecule has 0 unspecified atom stereocenters. The van der Waals surface area contributed by atoms with E-state index in [0.29, 0.717) is 25.6 Å². The van der Waals surface area contributed by atoms with Gasteiger partial charge in [0.25, 0.3) is 0 Å². The van der Waals surface area contributed by atoms with Crippen LogP contribution < -0.4 is 5.73 Å². The van der Waals surface area contributed by atoms with Crippen LogP contribution in [0.15, 0.2) is 0 Å². The van der Waals surface area contributed by atoms with Gasteiger partial charge in [0.2, 0.25) is 10.0 Å². The van der Waals surface area contributed by atoms with E-state index in [2.05, 4.69) is 0 Å². The van der Waals surface area contributed by atoms with Gasteiger partial charge >= 0.3 is 0 Å². The normalized spacial score (nSPS) is 20.0. The number of hydrogen-bond acceptors (Lipinski definition) is 4. The van der Waals surface area contributed by atoms with Gasteiger partial charge in [-0.3, -0.25) is 0 Å². The summed E-state index contributed by atoms with van der Waals surface area (Å²) in [4.78, 5) is 0. The summed E-state index contributed by atoms with van der Waals surface area (Å²) < 4.78 is 24.5. The molecule has 86 valence electrons. The van der Waals surface area contributed by atoms with E-state index in [0.717, 1.165) is 19.3 Å². The minimum atomic E-state index is -3.33. The van der Waals surface area contributed by atoms with Gasteiger partial charge in [0, 0.05) is 13.1 Å². The Bertz CT molecular complexity index is 326. The molecular formula is C9H17N3O2S.